The van der Waals surface area contributed by atoms with Crippen molar-refractivity contribution >= 4 is 22.2 Å². The van der Waals surface area contributed by atoms with E-state index in [1.807, 2.05) is 17.5 Å². The van der Waals surface area contributed by atoms with Crippen molar-refractivity contribution in [3.63, 3.8) is 0 Å². The Kier molecular flexibility index (Phi) is 4.73. The summed E-state index contributed by atoms with van der Waals surface area (Å²) in [7, 11) is 0. The van der Waals surface area contributed by atoms with Gasteiger partial charge in [-0.05, 0) is 36.2 Å². The molecule has 6 heteroatoms. The zero-order valence-electron chi connectivity index (χ0n) is 12.2. The summed E-state index contributed by atoms with van der Waals surface area (Å²) in [5, 5.41) is 5.60. The molecule has 23 heavy (non-hydrogen) atoms. The minimum Gasteiger partial charge on any atom is -0.318 e. The minimum absolute atomic E-state index is 0.0644. The molecule has 0 unspecified atom stereocenters. The van der Waals surface area contributed by atoms with Crippen molar-refractivity contribution < 1.29 is 9.18 Å². The first-order valence-electron chi connectivity index (χ1n) is 7.10. The fraction of sp³-hybridized carbons (Fsp3) is 0.118. The summed E-state index contributed by atoms with van der Waals surface area (Å²) in [6.07, 6.45) is 4.11. The normalized spacial score (nSPS) is 10.5. The van der Waals surface area contributed by atoms with Crippen LogP contribution in [0.3, 0.4) is 0 Å². The van der Waals surface area contributed by atoms with Crippen LogP contribution in [0.1, 0.15) is 12.0 Å². The van der Waals surface area contributed by atoms with Gasteiger partial charge in [-0.2, -0.15) is 0 Å². The van der Waals surface area contributed by atoms with E-state index in [0.29, 0.717) is 12.8 Å². The molecule has 3 aromatic rings. The number of nitrogens with zero attached hydrogens (tertiary/aromatic N) is 2. The summed E-state index contributed by atoms with van der Waals surface area (Å²) in [6.45, 7) is 0. The summed E-state index contributed by atoms with van der Waals surface area (Å²) >= 11 is 1.45. The van der Waals surface area contributed by atoms with E-state index in [-0.39, 0.29) is 11.7 Å². The molecule has 0 fully saturated rings. The van der Waals surface area contributed by atoms with Crippen molar-refractivity contribution in [2.24, 2.45) is 0 Å². The number of rotatable bonds is 5. The molecular weight excluding hydrogens is 313 g/mol. The standard InChI is InChI=1S/C17H14FN3OS/c18-14-4-1-12(2-5-14)3-6-16(22)21-17-9-13(10-23-17)15-7-8-19-11-20-15/h1-2,4-5,7-11H,3,6H2,(H,21,22). The van der Waals surface area contributed by atoms with Crippen molar-refractivity contribution in [1.29, 1.82) is 0 Å². The highest BCUT2D eigenvalue weighted by molar-refractivity contribution is 7.14. The van der Waals surface area contributed by atoms with E-state index in [0.717, 1.165) is 21.8 Å². The lowest BCUT2D eigenvalue weighted by molar-refractivity contribution is -0.116. The van der Waals surface area contributed by atoms with Crippen molar-refractivity contribution in [1.82, 2.24) is 9.97 Å². The Morgan fingerprint density at radius 2 is 2.04 bits per heavy atom. The van der Waals surface area contributed by atoms with Gasteiger partial charge in [0, 0.05) is 23.6 Å². The molecule has 0 bridgehead atoms. The van der Waals surface area contributed by atoms with Gasteiger partial charge in [-0.25, -0.2) is 14.4 Å². The number of amides is 1. The number of carbonyl (C=O) groups excluding carboxylic acids is 1. The number of nitrogens with one attached hydrogen (secondary N) is 1. The van der Waals surface area contributed by atoms with Gasteiger partial charge < -0.3 is 5.32 Å². The quantitative estimate of drug-likeness (QED) is 0.773. The predicted octanol–water partition coefficient (Wildman–Crippen LogP) is 3.92. The zero-order chi connectivity index (χ0) is 16.1. The van der Waals surface area contributed by atoms with Crippen LogP contribution in [-0.2, 0) is 11.2 Å². The SMILES string of the molecule is O=C(CCc1ccc(F)cc1)Nc1cc(-c2ccncn2)cs1. The average molecular weight is 327 g/mol. The molecule has 2 heterocycles. The number of benzene rings is 1. The third-order valence-corrected chi connectivity index (χ3v) is 4.14. The smallest absolute Gasteiger partial charge is 0.225 e. The van der Waals surface area contributed by atoms with Crippen LogP contribution in [0.25, 0.3) is 11.3 Å². The molecule has 4 nitrogen and oxygen atoms in total. The highest BCUT2D eigenvalue weighted by atomic mass is 32.1. The van der Waals surface area contributed by atoms with Crippen molar-refractivity contribution in [3.05, 3.63) is 65.7 Å². The molecule has 0 radical (unpaired) electrons. The Morgan fingerprint density at radius 1 is 1.22 bits per heavy atom. The Morgan fingerprint density at radius 3 is 2.78 bits per heavy atom. The van der Waals surface area contributed by atoms with Crippen LogP contribution in [0.5, 0.6) is 0 Å². The second kappa shape index (κ2) is 7.11. The molecule has 0 aliphatic heterocycles. The van der Waals surface area contributed by atoms with E-state index >= 15 is 0 Å². The van der Waals surface area contributed by atoms with E-state index < -0.39 is 0 Å². The van der Waals surface area contributed by atoms with E-state index in [4.69, 9.17) is 0 Å². The number of aryl methyl sites for hydroxylation is 1. The van der Waals surface area contributed by atoms with E-state index in [1.54, 1.807) is 18.3 Å². The molecule has 1 amide bonds. The van der Waals surface area contributed by atoms with Gasteiger partial charge in [0.25, 0.3) is 0 Å². The Balaban J connectivity index is 1.56. The maximum Gasteiger partial charge on any atom is 0.225 e. The lowest BCUT2D eigenvalue weighted by Crippen LogP contribution is -2.11. The summed E-state index contributed by atoms with van der Waals surface area (Å²) in [4.78, 5) is 20.1. The molecule has 1 N–H and O–H groups in total. The van der Waals surface area contributed by atoms with Gasteiger partial charge in [0.15, 0.2) is 0 Å². The van der Waals surface area contributed by atoms with E-state index in [2.05, 4.69) is 15.3 Å². The fourth-order valence-electron chi connectivity index (χ4n) is 2.11. The maximum absolute atomic E-state index is 12.8. The van der Waals surface area contributed by atoms with Crippen molar-refractivity contribution in [3.8, 4) is 11.3 Å². The summed E-state index contributed by atoms with van der Waals surface area (Å²) < 4.78 is 12.8. The molecule has 2 aromatic heterocycles. The van der Waals surface area contributed by atoms with Gasteiger partial charge in [0.1, 0.15) is 12.1 Å². The number of hydrogen-bond acceptors (Lipinski definition) is 4. The first-order valence-corrected chi connectivity index (χ1v) is 7.98. The van der Waals surface area contributed by atoms with Crippen molar-refractivity contribution in [2.45, 2.75) is 12.8 Å². The monoisotopic (exact) mass is 327 g/mol. The maximum atomic E-state index is 12.8. The predicted molar refractivity (Wildman–Crippen MR) is 88.7 cm³/mol. The largest absolute Gasteiger partial charge is 0.318 e. The number of carbonyl (C=O) groups is 1. The number of anilines is 1. The van der Waals surface area contributed by atoms with Gasteiger partial charge in [0.05, 0.1) is 10.7 Å². The van der Waals surface area contributed by atoms with Gasteiger partial charge in [-0.3, -0.25) is 4.79 Å². The van der Waals surface area contributed by atoms with Gasteiger partial charge in [0.2, 0.25) is 5.91 Å². The van der Waals surface area contributed by atoms with Crippen LogP contribution in [0.4, 0.5) is 9.39 Å². The van der Waals surface area contributed by atoms with Crippen LogP contribution in [0.15, 0.2) is 54.3 Å². The summed E-state index contributed by atoms with van der Waals surface area (Å²) in [5.74, 6) is -0.334. The molecule has 0 aliphatic carbocycles. The molecule has 0 saturated carbocycles. The fourth-order valence-corrected chi connectivity index (χ4v) is 2.92. The molecular formula is C17H14FN3OS. The molecule has 3 rings (SSSR count). The van der Waals surface area contributed by atoms with Gasteiger partial charge in [-0.15, -0.1) is 11.3 Å². The third kappa shape index (κ3) is 4.20. The second-order valence-corrected chi connectivity index (χ2v) is 5.88. The van der Waals surface area contributed by atoms with Gasteiger partial charge >= 0.3 is 0 Å². The Bertz CT molecular complexity index is 787. The third-order valence-electron chi connectivity index (χ3n) is 3.29. The lowest BCUT2D eigenvalue weighted by atomic mass is 10.1. The van der Waals surface area contributed by atoms with Crippen molar-refractivity contribution in [2.75, 3.05) is 5.32 Å². The highest BCUT2D eigenvalue weighted by Gasteiger charge is 2.07. The highest BCUT2D eigenvalue weighted by Crippen LogP contribution is 2.27. The average Bonchev–Trinajstić information content (AvgIpc) is 3.04. The minimum atomic E-state index is -0.269. The topological polar surface area (TPSA) is 54.9 Å². The zero-order valence-corrected chi connectivity index (χ0v) is 13.0. The lowest BCUT2D eigenvalue weighted by Gasteiger charge is -2.03. The van der Waals surface area contributed by atoms with E-state index in [1.165, 1.54) is 29.8 Å². The molecule has 116 valence electrons. The molecule has 0 saturated heterocycles. The van der Waals surface area contributed by atoms with Gasteiger partial charge in [-0.1, -0.05) is 12.1 Å². The molecule has 0 spiro atoms. The van der Waals surface area contributed by atoms with Crippen LogP contribution in [-0.4, -0.2) is 15.9 Å². The number of thiophene rings is 1. The second-order valence-electron chi connectivity index (χ2n) is 4.97. The number of halogens is 1. The van der Waals surface area contributed by atoms with Crippen LogP contribution >= 0.6 is 11.3 Å². The van der Waals surface area contributed by atoms with Crippen LogP contribution in [0, 0.1) is 5.82 Å². The van der Waals surface area contributed by atoms with E-state index in [9.17, 15) is 9.18 Å². The molecule has 1 aromatic carbocycles. The van der Waals surface area contributed by atoms with Crippen LogP contribution in [0.2, 0.25) is 0 Å². The van der Waals surface area contributed by atoms with Crippen LogP contribution < -0.4 is 5.32 Å². The molecule has 0 aliphatic rings. The summed E-state index contributed by atoms with van der Waals surface area (Å²) in [6, 6.07) is 9.91. The summed E-state index contributed by atoms with van der Waals surface area (Å²) in [5.41, 5.74) is 2.71. The molecule has 0 atom stereocenters. The Hall–Kier alpha value is -2.60. The first-order chi connectivity index (χ1) is 11.2. The number of aromatic nitrogens is 2. The first kappa shape index (κ1) is 15.3. The number of hydrogen-bond donors (Lipinski definition) is 1. The Labute approximate surface area is 137 Å².